The Kier molecular flexibility index (Phi) is 5.53. The van der Waals surface area contributed by atoms with E-state index in [2.05, 4.69) is 0 Å². The van der Waals surface area contributed by atoms with Gasteiger partial charge in [0, 0.05) is 0 Å². The van der Waals surface area contributed by atoms with E-state index in [0.29, 0.717) is 0 Å². The summed E-state index contributed by atoms with van der Waals surface area (Å²) in [5.41, 5.74) is 7.47. The molecule has 10 heavy (non-hydrogen) atoms. The van der Waals surface area contributed by atoms with Gasteiger partial charge in [-0.3, -0.25) is 0 Å². The van der Waals surface area contributed by atoms with Gasteiger partial charge in [0.25, 0.3) is 0 Å². The van der Waals surface area contributed by atoms with E-state index in [0.717, 1.165) is 5.92 Å². The Hall–Kier alpha value is 0.557. The topological polar surface area (TPSA) is 23.8 Å². The van der Waals surface area contributed by atoms with Crippen LogP contribution in [-0.4, -0.2) is 6.04 Å². The third kappa shape index (κ3) is 3.10. The second-order valence-electron chi connectivity index (χ2n) is 3.19. The molecule has 0 aromatic rings. The molecule has 1 saturated carbocycles. The third-order valence-electron chi connectivity index (χ3n) is 2.36. The molecule has 0 spiro atoms. The Morgan fingerprint density at radius 3 is 2.00 bits per heavy atom. The Morgan fingerprint density at radius 2 is 1.70 bits per heavy atom. The fraction of sp³-hybridized carbons (Fsp3) is 1.00. The zero-order valence-corrected chi connectivity index (χ0v) is 7.19. The van der Waals surface area contributed by atoms with Gasteiger partial charge in [0.15, 0.2) is 0 Å². The van der Waals surface area contributed by atoms with Crippen LogP contribution in [-0.2, 0) is 0 Å². The first kappa shape index (κ1) is 10.6. The smallest absolute Gasteiger partial charge is 0.675 e. The Morgan fingerprint density at radius 1 is 1.20 bits per heavy atom. The van der Waals surface area contributed by atoms with Gasteiger partial charge in [-0.2, -0.15) is 0 Å². The van der Waals surface area contributed by atoms with Crippen LogP contribution >= 0.6 is 0 Å². The molecule has 0 amide bonds. The zero-order chi connectivity index (χ0) is 6.69. The number of hydrogen-bond acceptors (Lipinski definition) is 0. The van der Waals surface area contributed by atoms with Crippen molar-refractivity contribution >= 4 is 0 Å². The second kappa shape index (κ2) is 5.24. The van der Waals surface area contributed by atoms with Gasteiger partial charge in [-0.05, 0) is 0 Å². The molecule has 1 rings (SSSR count). The van der Waals surface area contributed by atoms with E-state index < -0.39 is 0 Å². The van der Waals surface area contributed by atoms with Crippen LogP contribution < -0.4 is 18.9 Å². The van der Waals surface area contributed by atoms with Crippen LogP contribution in [0.5, 0.6) is 0 Å². The minimum absolute atomic E-state index is 0. The molecule has 0 radical (unpaired) electrons. The summed E-state index contributed by atoms with van der Waals surface area (Å²) in [5.74, 6) is 0.721. The average molecular weight is 133 g/mol. The van der Waals surface area contributed by atoms with Crippen LogP contribution in [0.15, 0.2) is 0 Å². The summed E-state index contributed by atoms with van der Waals surface area (Å²) in [5, 5.41) is 0. The minimum atomic E-state index is 0. The monoisotopic (exact) mass is 133 g/mol. The van der Waals surface area contributed by atoms with Crippen LogP contribution in [0.25, 0.3) is 5.73 Å². The summed E-state index contributed by atoms with van der Waals surface area (Å²) in [7, 11) is 0. The molecular weight excluding hydrogens is 117 g/mol. The molecule has 1 N–H and O–H groups in total. The molecule has 0 saturated heterocycles. The fourth-order valence-corrected chi connectivity index (χ4v) is 1.63. The molecule has 0 aromatic heterocycles. The standard InChI is InChI=1S/C8H16N.Li/c1-7(9)8-5-3-2-4-6-8;/h7-9H,2-6H2,1H3;/q-1;+1. The number of nitrogens with one attached hydrogen (secondary N) is 1. The summed E-state index contributed by atoms with van der Waals surface area (Å²) in [4.78, 5) is 0. The van der Waals surface area contributed by atoms with E-state index in [-0.39, 0.29) is 24.9 Å². The normalized spacial score (nSPS) is 23.4. The maximum atomic E-state index is 7.47. The predicted octanol–water partition coefficient (Wildman–Crippen LogP) is 0.0114. The zero-order valence-electron chi connectivity index (χ0n) is 7.19. The van der Waals surface area contributed by atoms with E-state index >= 15 is 0 Å². The molecular formula is C8H16LiN. The molecule has 1 unspecified atom stereocenters. The Bertz CT molecular complexity index is 77.3. The predicted molar refractivity (Wildman–Crippen MR) is 40.4 cm³/mol. The molecule has 54 valence electrons. The number of hydrogen-bond donors (Lipinski definition) is 0. The van der Waals surface area contributed by atoms with Crippen molar-refractivity contribution in [1.29, 1.82) is 0 Å². The molecule has 0 aromatic carbocycles. The fourth-order valence-electron chi connectivity index (χ4n) is 1.63. The van der Waals surface area contributed by atoms with Crippen molar-refractivity contribution in [2.75, 3.05) is 0 Å². The van der Waals surface area contributed by atoms with E-state index in [9.17, 15) is 0 Å². The van der Waals surface area contributed by atoms with Crippen LogP contribution in [0.1, 0.15) is 39.0 Å². The minimum Gasteiger partial charge on any atom is -0.675 e. The first-order valence-corrected chi connectivity index (χ1v) is 4.02. The summed E-state index contributed by atoms with van der Waals surface area (Å²) in [6.07, 6.45) is 6.76. The van der Waals surface area contributed by atoms with Crippen molar-refractivity contribution in [2.45, 2.75) is 45.1 Å². The first-order valence-electron chi connectivity index (χ1n) is 4.02. The maximum Gasteiger partial charge on any atom is 1.00 e. The van der Waals surface area contributed by atoms with Crippen molar-refractivity contribution in [2.24, 2.45) is 5.92 Å². The summed E-state index contributed by atoms with van der Waals surface area (Å²) < 4.78 is 0. The van der Waals surface area contributed by atoms with Crippen molar-refractivity contribution in [1.82, 2.24) is 0 Å². The summed E-state index contributed by atoms with van der Waals surface area (Å²) >= 11 is 0. The Balaban J connectivity index is 0.000000810. The van der Waals surface area contributed by atoms with Gasteiger partial charge < -0.3 is 5.73 Å². The van der Waals surface area contributed by atoms with Crippen molar-refractivity contribution in [3.63, 3.8) is 0 Å². The van der Waals surface area contributed by atoms with Crippen LogP contribution in [0.3, 0.4) is 0 Å². The average Bonchev–Trinajstić information content (AvgIpc) is 1.90. The molecule has 1 nitrogen and oxygen atoms in total. The molecule has 0 heterocycles. The van der Waals surface area contributed by atoms with Crippen molar-refractivity contribution < 1.29 is 18.9 Å². The molecule has 1 fully saturated rings. The number of rotatable bonds is 1. The first-order chi connectivity index (χ1) is 4.30. The Labute approximate surface area is 75.9 Å². The summed E-state index contributed by atoms with van der Waals surface area (Å²) in [6, 6.07) is 0.185. The molecule has 1 atom stereocenters. The molecule has 0 aliphatic heterocycles. The second-order valence-corrected chi connectivity index (χ2v) is 3.19. The molecule has 0 bridgehead atoms. The maximum absolute atomic E-state index is 7.47. The summed E-state index contributed by atoms with van der Waals surface area (Å²) in [6.45, 7) is 2.02. The van der Waals surface area contributed by atoms with Crippen LogP contribution in [0.4, 0.5) is 0 Å². The largest absolute Gasteiger partial charge is 1.00 e. The molecule has 2 heteroatoms. The van der Waals surface area contributed by atoms with Crippen molar-refractivity contribution in [3.05, 3.63) is 5.73 Å². The van der Waals surface area contributed by atoms with Crippen LogP contribution in [0.2, 0.25) is 0 Å². The molecule has 1 aliphatic rings. The van der Waals surface area contributed by atoms with E-state index in [4.69, 9.17) is 5.73 Å². The van der Waals surface area contributed by atoms with Crippen molar-refractivity contribution in [3.8, 4) is 0 Å². The van der Waals surface area contributed by atoms with E-state index in [1.807, 2.05) is 6.92 Å². The van der Waals surface area contributed by atoms with E-state index in [1.54, 1.807) is 0 Å². The van der Waals surface area contributed by atoms with Gasteiger partial charge >= 0.3 is 18.9 Å². The van der Waals surface area contributed by atoms with Gasteiger partial charge in [-0.1, -0.05) is 44.9 Å². The van der Waals surface area contributed by atoms with Gasteiger partial charge in [0.2, 0.25) is 0 Å². The third-order valence-corrected chi connectivity index (χ3v) is 2.36. The van der Waals surface area contributed by atoms with Crippen LogP contribution in [0, 0.1) is 5.92 Å². The SMILES string of the molecule is CC([NH-])C1CCCCC1.[Li+]. The van der Waals surface area contributed by atoms with E-state index in [1.165, 1.54) is 32.1 Å². The van der Waals surface area contributed by atoms with Gasteiger partial charge in [-0.15, -0.1) is 6.04 Å². The molecule has 1 aliphatic carbocycles. The van der Waals surface area contributed by atoms with Gasteiger partial charge in [0.05, 0.1) is 0 Å². The van der Waals surface area contributed by atoms with Gasteiger partial charge in [0.1, 0.15) is 0 Å². The van der Waals surface area contributed by atoms with Gasteiger partial charge in [-0.25, -0.2) is 0 Å². The quantitative estimate of drug-likeness (QED) is 0.450.